The zero-order chi connectivity index (χ0) is 22.5. The molecule has 0 saturated carbocycles. The van der Waals surface area contributed by atoms with Gasteiger partial charge in [0.05, 0.1) is 6.61 Å². The minimum Gasteiger partial charge on any atom is -0.403 e. The summed E-state index contributed by atoms with van der Waals surface area (Å²) < 4.78 is 19.4. The Morgan fingerprint density at radius 3 is 1.94 bits per heavy atom. The second-order valence-corrected chi connectivity index (χ2v) is 14.6. The Morgan fingerprint density at radius 1 is 0.935 bits per heavy atom. The first-order valence-electron chi connectivity index (χ1n) is 11.0. The van der Waals surface area contributed by atoms with Crippen molar-refractivity contribution in [1.82, 2.24) is 0 Å². The topological polar surface area (TPSA) is 47.9 Å². The molecule has 0 radical (unpaired) electrons. The molecular weight excluding hydrogens is 404 g/mol. The molecule has 1 aliphatic heterocycles. The van der Waals surface area contributed by atoms with E-state index < -0.39 is 31.9 Å². The highest BCUT2D eigenvalue weighted by Gasteiger charge is 2.59. The van der Waals surface area contributed by atoms with Crippen molar-refractivity contribution in [1.29, 1.82) is 0 Å². The molecule has 4 nitrogen and oxygen atoms in total. The third-order valence-electron chi connectivity index (χ3n) is 6.59. The van der Waals surface area contributed by atoms with Crippen molar-refractivity contribution < 1.29 is 19.0 Å². The fraction of sp³-hybridized carbons (Fsp3) is 0.462. The summed E-state index contributed by atoms with van der Waals surface area (Å²) in [6.45, 7) is 13.0. The van der Waals surface area contributed by atoms with Crippen molar-refractivity contribution in [2.45, 2.75) is 70.2 Å². The van der Waals surface area contributed by atoms with Gasteiger partial charge in [0.25, 0.3) is 8.32 Å². The smallest absolute Gasteiger partial charge is 0.261 e. The van der Waals surface area contributed by atoms with Gasteiger partial charge in [-0.15, -0.1) is 0 Å². The Kier molecular flexibility index (Phi) is 5.55. The second-order valence-electron chi connectivity index (χ2n) is 10.3. The van der Waals surface area contributed by atoms with Crippen molar-refractivity contribution in [3.05, 3.63) is 72.3 Å². The second kappa shape index (κ2) is 7.68. The molecule has 31 heavy (non-hydrogen) atoms. The van der Waals surface area contributed by atoms with Crippen LogP contribution < -0.4 is 10.4 Å². The summed E-state index contributed by atoms with van der Waals surface area (Å²) in [5, 5.41) is 13.0. The number of aliphatic hydroxyl groups excluding tert-OH is 1. The average molecular weight is 439 g/mol. The number of aliphatic hydroxyl groups is 1. The summed E-state index contributed by atoms with van der Waals surface area (Å²) in [6.07, 6.45) is 0.738. The van der Waals surface area contributed by atoms with E-state index in [1.165, 1.54) is 10.4 Å². The Bertz CT molecular complexity index is 909. The molecular formula is C26H34O4Si. The van der Waals surface area contributed by atoms with Gasteiger partial charge in [0.15, 0.2) is 5.79 Å². The fourth-order valence-corrected chi connectivity index (χ4v) is 9.78. The van der Waals surface area contributed by atoms with Crippen LogP contribution in [-0.2, 0) is 13.9 Å². The van der Waals surface area contributed by atoms with E-state index in [0.717, 1.165) is 5.57 Å². The maximum atomic E-state index is 10.7. The number of hydrogen-bond donors (Lipinski definition) is 1. The van der Waals surface area contributed by atoms with Gasteiger partial charge in [-0.3, -0.25) is 0 Å². The van der Waals surface area contributed by atoms with E-state index >= 15 is 0 Å². The predicted molar refractivity (Wildman–Crippen MR) is 126 cm³/mol. The van der Waals surface area contributed by atoms with Gasteiger partial charge in [0.2, 0.25) is 0 Å². The van der Waals surface area contributed by atoms with Crippen LogP contribution in [0.2, 0.25) is 5.04 Å². The van der Waals surface area contributed by atoms with Gasteiger partial charge in [-0.25, -0.2) is 0 Å². The summed E-state index contributed by atoms with van der Waals surface area (Å²) in [4.78, 5) is 0. The number of fused-ring (bicyclic) bond motifs is 1. The number of ether oxygens (including phenoxy) is 2. The van der Waals surface area contributed by atoms with Gasteiger partial charge in [-0.2, -0.15) is 0 Å². The van der Waals surface area contributed by atoms with Gasteiger partial charge in [-0.1, -0.05) is 81.4 Å². The van der Waals surface area contributed by atoms with Crippen LogP contribution in [0, 0.1) is 0 Å². The quantitative estimate of drug-likeness (QED) is 0.570. The van der Waals surface area contributed by atoms with Crippen LogP contribution in [0.1, 0.15) is 41.5 Å². The van der Waals surface area contributed by atoms with Gasteiger partial charge < -0.3 is 19.0 Å². The van der Waals surface area contributed by atoms with Gasteiger partial charge >= 0.3 is 0 Å². The molecule has 1 aliphatic carbocycles. The largest absolute Gasteiger partial charge is 0.403 e. The van der Waals surface area contributed by atoms with Crippen LogP contribution in [0.15, 0.2) is 72.3 Å². The predicted octanol–water partition coefficient (Wildman–Crippen LogP) is 3.77. The third-order valence-corrected chi connectivity index (χ3v) is 11.6. The monoisotopic (exact) mass is 438 g/mol. The average Bonchev–Trinajstić information content (AvgIpc) is 3.09. The lowest BCUT2D eigenvalue weighted by atomic mass is 9.96. The summed E-state index contributed by atoms with van der Waals surface area (Å²) in [7, 11) is -2.67. The molecule has 0 spiro atoms. The summed E-state index contributed by atoms with van der Waals surface area (Å²) in [6, 6.07) is 21.2. The van der Waals surface area contributed by atoms with Crippen LogP contribution in [-0.4, -0.2) is 43.6 Å². The normalized spacial score (nSPS) is 27.8. The lowest BCUT2D eigenvalue weighted by molar-refractivity contribution is -0.161. The summed E-state index contributed by atoms with van der Waals surface area (Å²) >= 11 is 0. The third kappa shape index (κ3) is 3.72. The Hall–Kier alpha value is -1.76. The highest BCUT2D eigenvalue weighted by molar-refractivity contribution is 6.99. The van der Waals surface area contributed by atoms with Gasteiger partial charge in [-0.05, 0) is 47.8 Å². The van der Waals surface area contributed by atoms with Crippen LogP contribution in [0.5, 0.6) is 0 Å². The maximum absolute atomic E-state index is 10.7. The molecule has 166 valence electrons. The molecule has 1 saturated heterocycles. The van der Waals surface area contributed by atoms with E-state index in [2.05, 4.69) is 69.3 Å². The molecule has 5 heteroatoms. The van der Waals surface area contributed by atoms with Crippen LogP contribution in [0.25, 0.3) is 0 Å². The molecule has 2 aromatic carbocycles. The molecule has 1 N–H and O–H groups in total. The number of rotatable bonds is 5. The SMILES string of the molecule is CC1(C)O[C@H]2[C@@H](O)C=C(CO[Si](c3ccccc3)(c3ccccc3)C(C)(C)C)[C@@]2(C)O1. The van der Waals surface area contributed by atoms with Crippen molar-refractivity contribution >= 4 is 18.7 Å². The fourth-order valence-electron chi connectivity index (χ4n) is 5.25. The van der Waals surface area contributed by atoms with Gasteiger partial charge in [0, 0.05) is 0 Å². The van der Waals surface area contributed by atoms with E-state index in [4.69, 9.17) is 13.9 Å². The molecule has 0 bridgehead atoms. The molecule has 2 aromatic rings. The highest BCUT2D eigenvalue weighted by atomic mass is 28.4. The van der Waals surface area contributed by atoms with Crippen LogP contribution in [0.3, 0.4) is 0 Å². The Morgan fingerprint density at radius 2 is 1.45 bits per heavy atom. The van der Waals surface area contributed by atoms with E-state index in [1.54, 1.807) is 0 Å². The molecule has 4 rings (SSSR count). The lowest BCUT2D eigenvalue weighted by Gasteiger charge is -2.43. The van der Waals surface area contributed by atoms with Crippen molar-refractivity contribution in [3.63, 3.8) is 0 Å². The molecule has 0 amide bonds. The molecule has 2 aliphatic rings. The van der Waals surface area contributed by atoms with E-state index in [-0.39, 0.29) is 5.04 Å². The molecule has 3 atom stereocenters. The van der Waals surface area contributed by atoms with Crippen molar-refractivity contribution in [2.75, 3.05) is 6.61 Å². The molecule has 0 aromatic heterocycles. The van der Waals surface area contributed by atoms with Crippen molar-refractivity contribution in [2.24, 2.45) is 0 Å². The minimum absolute atomic E-state index is 0.111. The van der Waals surface area contributed by atoms with Gasteiger partial charge in [0.1, 0.15) is 17.8 Å². The van der Waals surface area contributed by atoms with E-state index in [1.807, 2.05) is 39.0 Å². The van der Waals surface area contributed by atoms with E-state index in [9.17, 15) is 5.11 Å². The first-order chi connectivity index (χ1) is 14.5. The Balaban J connectivity index is 1.76. The van der Waals surface area contributed by atoms with Crippen LogP contribution in [0.4, 0.5) is 0 Å². The number of benzene rings is 2. The highest BCUT2D eigenvalue weighted by Crippen LogP contribution is 2.47. The first kappa shape index (κ1) is 22.4. The summed E-state index contributed by atoms with van der Waals surface area (Å²) in [5.74, 6) is -0.739. The zero-order valence-corrected chi connectivity index (χ0v) is 20.4. The summed E-state index contributed by atoms with van der Waals surface area (Å²) in [5.41, 5.74) is 0.248. The number of hydrogen-bond acceptors (Lipinski definition) is 4. The first-order valence-corrected chi connectivity index (χ1v) is 12.9. The standard InChI is InChI=1S/C26H34O4Si/c1-24(2,3)31(20-13-9-7-10-14-20,21-15-11-8-12-16-21)28-18-19-17-22(27)23-26(19,6)30-25(4,5)29-23/h7-17,22-23,27H,18H2,1-6H3/t22-,23-,26+/m0/s1. The Labute approximate surface area is 187 Å². The maximum Gasteiger partial charge on any atom is 0.261 e. The van der Waals surface area contributed by atoms with E-state index in [0.29, 0.717) is 6.61 Å². The minimum atomic E-state index is -2.67. The molecule has 1 heterocycles. The van der Waals surface area contributed by atoms with Crippen LogP contribution >= 0.6 is 0 Å². The molecule has 1 fully saturated rings. The molecule has 0 unspecified atom stereocenters. The lowest BCUT2D eigenvalue weighted by Crippen LogP contribution is -2.66. The van der Waals surface area contributed by atoms with Crippen molar-refractivity contribution in [3.8, 4) is 0 Å². The zero-order valence-electron chi connectivity index (χ0n) is 19.4.